The largest absolute Gasteiger partial charge is 0.454 e. The van der Waals surface area contributed by atoms with Crippen LogP contribution >= 0.6 is 0 Å². The minimum Gasteiger partial charge on any atom is -0.454 e. The number of aryl methyl sites for hydroxylation is 1. The van der Waals surface area contributed by atoms with E-state index in [-0.39, 0.29) is 37.7 Å². The Morgan fingerprint density at radius 2 is 1.89 bits per heavy atom. The van der Waals surface area contributed by atoms with E-state index < -0.39 is 23.7 Å². The van der Waals surface area contributed by atoms with Crippen molar-refractivity contribution in [2.45, 2.75) is 78.4 Å². The van der Waals surface area contributed by atoms with E-state index >= 15 is 0 Å². The molecule has 1 saturated heterocycles. The smallest absolute Gasteiger partial charge is 0.419 e. The fourth-order valence-corrected chi connectivity index (χ4v) is 4.47. The molecule has 0 saturated carbocycles. The number of amides is 2. The number of aromatic nitrogens is 2. The number of benzene rings is 1. The van der Waals surface area contributed by atoms with Gasteiger partial charge in [-0.2, -0.15) is 0 Å². The van der Waals surface area contributed by atoms with Gasteiger partial charge in [-0.25, -0.2) is 24.0 Å². The Labute approximate surface area is 216 Å². The summed E-state index contributed by atoms with van der Waals surface area (Å²) in [6, 6.07) is 4.93. The zero-order chi connectivity index (χ0) is 26.9. The van der Waals surface area contributed by atoms with E-state index in [0.717, 1.165) is 6.42 Å². The van der Waals surface area contributed by atoms with Gasteiger partial charge < -0.3 is 18.9 Å². The lowest BCUT2D eigenvalue weighted by Gasteiger charge is -2.27. The number of fused-ring (bicyclic) bond motifs is 1. The van der Waals surface area contributed by atoms with Crippen LogP contribution in [0.1, 0.15) is 71.0 Å². The standard InChI is InChI=1S/C27H35N3O7/c1-7-8-23-28-18(13-29(23)25(32)37-27(4,5)6)12-19(17-9-10-21-22(11-17)36-15-35-21)24(31)30-20(16(2)3)14-34-26(30)33/h9-11,13,16,19-20H,7-8,12,14-15H2,1-6H3/t19?,20-/m1/s1. The summed E-state index contributed by atoms with van der Waals surface area (Å²) in [5.74, 6) is 0.557. The van der Waals surface area contributed by atoms with E-state index in [4.69, 9.17) is 23.9 Å². The number of nitrogens with zero attached hydrogens (tertiary/aromatic N) is 3. The quantitative estimate of drug-likeness (QED) is 0.525. The van der Waals surface area contributed by atoms with Crippen molar-refractivity contribution in [3.63, 3.8) is 0 Å². The number of cyclic esters (lactones) is 1. The second-order valence-corrected chi connectivity index (χ2v) is 10.7. The molecule has 10 nitrogen and oxygen atoms in total. The maximum absolute atomic E-state index is 13.9. The third-order valence-corrected chi connectivity index (χ3v) is 6.32. The first-order valence-electron chi connectivity index (χ1n) is 12.7. The van der Waals surface area contributed by atoms with Crippen molar-refractivity contribution in [1.29, 1.82) is 0 Å². The number of imide groups is 1. The Morgan fingerprint density at radius 1 is 1.16 bits per heavy atom. The van der Waals surface area contributed by atoms with Gasteiger partial charge in [0, 0.05) is 19.0 Å². The van der Waals surface area contributed by atoms with Gasteiger partial charge >= 0.3 is 12.2 Å². The minimum absolute atomic E-state index is 0.0235. The fraction of sp³-hybridized carbons (Fsp3) is 0.556. The first kappa shape index (κ1) is 26.5. The topological polar surface area (TPSA) is 109 Å². The number of rotatable bonds is 7. The zero-order valence-corrected chi connectivity index (χ0v) is 22.3. The van der Waals surface area contributed by atoms with E-state index in [1.165, 1.54) is 9.47 Å². The van der Waals surface area contributed by atoms with E-state index in [1.807, 2.05) is 20.8 Å². The summed E-state index contributed by atoms with van der Waals surface area (Å²) < 4.78 is 23.2. The van der Waals surface area contributed by atoms with Gasteiger partial charge in [0.25, 0.3) is 0 Å². The summed E-state index contributed by atoms with van der Waals surface area (Å²) in [7, 11) is 0. The highest BCUT2D eigenvalue weighted by molar-refractivity contribution is 5.97. The number of hydrogen-bond acceptors (Lipinski definition) is 8. The second-order valence-electron chi connectivity index (χ2n) is 10.7. The number of carbonyl (C=O) groups is 3. The molecule has 2 aliphatic heterocycles. The highest BCUT2D eigenvalue weighted by atomic mass is 16.7. The average Bonchev–Trinajstić information content (AvgIpc) is 3.53. The number of hydrogen-bond donors (Lipinski definition) is 0. The third-order valence-electron chi connectivity index (χ3n) is 6.32. The van der Waals surface area contributed by atoms with E-state index in [9.17, 15) is 14.4 Å². The van der Waals surface area contributed by atoms with Crippen LogP contribution in [0.15, 0.2) is 24.4 Å². The molecule has 10 heteroatoms. The molecule has 1 fully saturated rings. The Balaban J connectivity index is 1.71. The van der Waals surface area contributed by atoms with Crippen molar-refractivity contribution in [3.05, 3.63) is 41.5 Å². The molecule has 1 aromatic carbocycles. The first-order chi connectivity index (χ1) is 17.5. The molecule has 1 aromatic heterocycles. The summed E-state index contributed by atoms with van der Waals surface area (Å²) in [4.78, 5) is 45.4. The van der Waals surface area contributed by atoms with Gasteiger partial charge in [0.15, 0.2) is 11.5 Å². The summed E-state index contributed by atoms with van der Waals surface area (Å²) in [6.07, 6.45) is 1.95. The van der Waals surface area contributed by atoms with Crippen molar-refractivity contribution in [2.75, 3.05) is 13.4 Å². The van der Waals surface area contributed by atoms with Gasteiger partial charge in [-0.15, -0.1) is 0 Å². The third kappa shape index (κ3) is 5.73. The van der Waals surface area contributed by atoms with Crippen LogP contribution in [0.5, 0.6) is 11.5 Å². The Hall–Kier alpha value is -3.56. The monoisotopic (exact) mass is 513 g/mol. The molecule has 0 N–H and O–H groups in total. The molecule has 2 aromatic rings. The van der Waals surface area contributed by atoms with Crippen LogP contribution in [0.2, 0.25) is 0 Å². The van der Waals surface area contributed by atoms with E-state index in [2.05, 4.69) is 0 Å². The van der Waals surface area contributed by atoms with Gasteiger partial charge in [0.1, 0.15) is 18.0 Å². The molecule has 3 heterocycles. The average molecular weight is 514 g/mol. The van der Waals surface area contributed by atoms with Gasteiger partial charge in [0.2, 0.25) is 12.7 Å². The molecule has 4 rings (SSSR count). The SMILES string of the molecule is CCCc1nc(CC(C(=O)N2C(=O)OC[C@@H]2C(C)C)c2ccc3c(c2)OCO3)cn1C(=O)OC(C)(C)C. The lowest BCUT2D eigenvalue weighted by Crippen LogP contribution is -2.44. The van der Waals surface area contributed by atoms with E-state index in [1.54, 1.807) is 45.2 Å². The maximum Gasteiger partial charge on any atom is 0.419 e. The molecular weight excluding hydrogens is 478 g/mol. The Kier molecular flexibility index (Phi) is 7.47. The lowest BCUT2D eigenvalue weighted by atomic mass is 9.91. The molecule has 0 spiro atoms. The molecule has 2 amide bonds. The van der Waals surface area contributed by atoms with Gasteiger partial charge in [-0.05, 0) is 50.8 Å². The molecule has 2 aliphatic rings. The van der Waals surface area contributed by atoms with Gasteiger partial charge in [-0.1, -0.05) is 26.8 Å². The van der Waals surface area contributed by atoms with Crippen molar-refractivity contribution in [1.82, 2.24) is 14.5 Å². The zero-order valence-electron chi connectivity index (χ0n) is 22.3. The molecule has 37 heavy (non-hydrogen) atoms. The summed E-state index contributed by atoms with van der Waals surface area (Å²) in [6.45, 7) is 11.6. The van der Waals surface area contributed by atoms with Crippen LogP contribution in [-0.4, -0.2) is 57.6 Å². The lowest BCUT2D eigenvalue weighted by molar-refractivity contribution is -0.131. The predicted molar refractivity (Wildman–Crippen MR) is 134 cm³/mol. The van der Waals surface area contributed by atoms with Crippen LogP contribution in [0.25, 0.3) is 0 Å². The molecule has 0 radical (unpaired) electrons. The minimum atomic E-state index is -0.766. The molecule has 0 aliphatic carbocycles. The molecule has 1 unspecified atom stereocenters. The van der Waals surface area contributed by atoms with Crippen LogP contribution in [-0.2, 0) is 27.1 Å². The number of imidazole rings is 1. The summed E-state index contributed by atoms with van der Waals surface area (Å²) in [5, 5.41) is 0. The van der Waals surface area contributed by atoms with Gasteiger partial charge in [0.05, 0.1) is 17.7 Å². The number of carbonyl (C=O) groups excluding carboxylic acids is 3. The highest BCUT2D eigenvalue weighted by Gasteiger charge is 2.43. The molecular formula is C27H35N3O7. The van der Waals surface area contributed by atoms with Crippen LogP contribution < -0.4 is 9.47 Å². The van der Waals surface area contributed by atoms with Crippen molar-refractivity contribution in [3.8, 4) is 11.5 Å². The fourth-order valence-electron chi connectivity index (χ4n) is 4.47. The van der Waals surface area contributed by atoms with Gasteiger partial charge in [-0.3, -0.25) is 4.79 Å². The van der Waals surface area contributed by atoms with Crippen molar-refractivity contribution >= 4 is 18.1 Å². The molecule has 200 valence electrons. The predicted octanol–water partition coefficient (Wildman–Crippen LogP) is 4.68. The van der Waals surface area contributed by atoms with Crippen LogP contribution in [0, 0.1) is 5.92 Å². The van der Waals surface area contributed by atoms with Crippen LogP contribution in [0.4, 0.5) is 9.59 Å². The maximum atomic E-state index is 13.9. The first-order valence-corrected chi connectivity index (χ1v) is 12.7. The van der Waals surface area contributed by atoms with Crippen LogP contribution in [0.3, 0.4) is 0 Å². The Bertz CT molecular complexity index is 1180. The molecule has 0 bridgehead atoms. The van der Waals surface area contributed by atoms with Crippen molar-refractivity contribution < 1.29 is 33.3 Å². The second kappa shape index (κ2) is 10.4. The number of ether oxygens (including phenoxy) is 4. The molecule has 2 atom stereocenters. The highest BCUT2D eigenvalue weighted by Crippen LogP contribution is 2.37. The van der Waals surface area contributed by atoms with Crippen molar-refractivity contribution in [2.24, 2.45) is 5.92 Å². The Morgan fingerprint density at radius 3 is 2.57 bits per heavy atom. The van der Waals surface area contributed by atoms with E-state index in [0.29, 0.717) is 35.0 Å². The normalized spacial score (nSPS) is 17.8. The summed E-state index contributed by atoms with van der Waals surface area (Å²) >= 11 is 0. The summed E-state index contributed by atoms with van der Waals surface area (Å²) in [5.41, 5.74) is 0.525.